The highest BCUT2D eigenvalue weighted by atomic mass is 19.4. The lowest BCUT2D eigenvalue weighted by molar-refractivity contribution is -0.140. The summed E-state index contributed by atoms with van der Waals surface area (Å²) in [5.74, 6) is -1.57. The molecule has 2 aromatic carbocycles. The highest BCUT2D eigenvalue weighted by molar-refractivity contribution is 5.77. The molecule has 4 nitrogen and oxygen atoms in total. The second kappa shape index (κ2) is 8.54. The molecule has 0 fully saturated rings. The van der Waals surface area contributed by atoms with Gasteiger partial charge in [0.2, 0.25) is 5.91 Å². The molecule has 28 heavy (non-hydrogen) atoms. The topological polar surface area (TPSA) is 72.6 Å². The molecule has 0 spiro atoms. The molecule has 0 saturated carbocycles. The summed E-state index contributed by atoms with van der Waals surface area (Å²) in [6, 6.07) is 7.81. The molecule has 0 saturated heterocycles. The fraction of sp³-hybridized carbons (Fsp3) is 0.381. The number of phenols is 1. The van der Waals surface area contributed by atoms with E-state index in [2.05, 4.69) is 0 Å². The van der Waals surface area contributed by atoms with Crippen molar-refractivity contribution in [3.8, 4) is 11.5 Å². The van der Waals surface area contributed by atoms with Crippen LogP contribution in [0.15, 0.2) is 30.3 Å². The molecule has 1 amide bonds. The van der Waals surface area contributed by atoms with Gasteiger partial charge in [0.15, 0.2) is 0 Å². The predicted octanol–water partition coefficient (Wildman–Crippen LogP) is 4.52. The zero-order valence-corrected chi connectivity index (χ0v) is 16.1. The predicted molar refractivity (Wildman–Crippen MR) is 100 cm³/mol. The average Bonchev–Trinajstić information content (AvgIpc) is 2.55. The van der Waals surface area contributed by atoms with Gasteiger partial charge in [-0.05, 0) is 47.6 Å². The minimum absolute atomic E-state index is 0.0936. The van der Waals surface area contributed by atoms with Crippen LogP contribution in [0.4, 0.5) is 13.2 Å². The Balaban J connectivity index is 2.27. The number of rotatable bonds is 7. The smallest absolute Gasteiger partial charge is 0.423 e. The maximum atomic E-state index is 13.5. The summed E-state index contributed by atoms with van der Waals surface area (Å²) < 4.78 is 45.9. The van der Waals surface area contributed by atoms with Crippen LogP contribution in [0.2, 0.25) is 0 Å². The molecule has 2 rings (SSSR count). The van der Waals surface area contributed by atoms with Crippen molar-refractivity contribution in [2.45, 2.75) is 46.4 Å². The first-order valence-electron chi connectivity index (χ1n) is 8.90. The van der Waals surface area contributed by atoms with Crippen molar-refractivity contribution < 1.29 is 27.8 Å². The van der Waals surface area contributed by atoms with Crippen LogP contribution < -0.4 is 10.5 Å². The van der Waals surface area contributed by atoms with Crippen LogP contribution in [0.1, 0.15) is 41.7 Å². The van der Waals surface area contributed by atoms with E-state index in [1.807, 2.05) is 13.8 Å². The fourth-order valence-electron chi connectivity index (χ4n) is 3.01. The molecule has 0 aliphatic heterocycles. The molecule has 0 radical (unpaired) electrons. The standard InChI is InChI=1S/C21H24F3NO3/c1-12(2)8-16-6-7-17(19(20(16)27)21(22,23)24)28-11-14-4-5-15(10-18(25)26)13(3)9-14/h4-7,9,12,27H,8,10-11H2,1-3H3,(H2,25,26). The van der Waals surface area contributed by atoms with Gasteiger partial charge >= 0.3 is 6.18 Å². The summed E-state index contributed by atoms with van der Waals surface area (Å²) in [6.07, 6.45) is -4.32. The monoisotopic (exact) mass is 395 g/mol. The van der Waals surface area contributed by atoms with Crippen LogP contribution in [0.3, 0.4) is 0 Å². The van der Waals surface area contributed by atoms with E-state index in [1.54, 1.807) is 25.1 Å². The highest BCUT2D eigenvalue weighted by Gasteiger charge is 2.39. The number of aromatic hydroxyl groups is 1. The third kappa shape index (κ3) is 5.41. The summed E-state index contributed by atoms with van der Waals surface area (Å²) in [7, 11) is 0. The Bertz CT molecular complexity index is 861. The average molecular weight is 395 g/mol. The van der Waals surface area contributed by atoms with E-state index in [1.165, 1.54) is 12.1 Å². The molecule has 2 aromatic rings. The van der Waals surface area contributed by atoms with Crippen LogP contribution in [0.25, 0.3) is 0 Å². The number of aryl methyl sites for hydroxylation is 1. The van der Waals surface area contributed by atoms with Crippen molar-refractivity contribution in [3.05, 3.63) is 58.1 Å². The Hall–Kier alpha value is -2.70. The van der Waals surface area contributed by atoms with Crippen molar-refractivity contribution >= 4 is 5.91 Å². The summed E-state index contributed by atoms with van der Waals surface area (Å²) >= 11 is 0. The number of amides is 1. The Kier molecular flexibility index (Phi) is 6.59. The minimum atomic E-state index is -4.74. The number of alkyl halides is 3. The van der Waals surface area contributed by atoms with E-state index >= 15 is 0 Å². The number of halogens is 3. The minimum Gasteiger partial charge on any atom is -0.507 e. The van der Waals surface area contributed by atoms with Crippen LogP contribution in [0.5, 0.6) is 11.5 Å². The van der Waals surface area contributed by atoms with E-state index in [-0.39, 0.29) is 24.5 Å². The molecule has 0 aromatic heterocycles. The van der Waals surface area contributed by atoms with Crippen LogP contribution in [0, 0.1) is 12.8 Å². The van der Waals surface area contributed by atoms with Gasteiger partial charge in [-0.15, -0.1) is 0 Å². The van der Waals surface area contributed by atoms with Gasteiger partial charge in [0.25, 0.3) is 0 Å². The maximum absolute atomic E-state index is 13.5. The van der Waals surface area contributed by atoms with Gasteiger partial charge < -0.3 is 15.6 Å². The number of carbonyl (C=O) groups is 1. The number of hydrogen-bond donors (Lipinski definition) is 2. The molecule has 7 heteroatoms. The van der Waals surface area contributed by atoms with Gasteiger partial charge in [-0.2, -0.15) is 13.2 Å². The van der Waals surface area contributed by atoms with Crippen molar-refractivity contribution in [2.24, 2.45) is 11.7 Å². The van der Waals surface area contributed by atoms with Gasteiger partial charge in [-0.3, -0.25) is 4.79 Å². The molecular weight excluding hydrogens is 371 g/mol. The quantitative estimate of drug-likeness (QED) is 0.724. The van der Waals surface area contributed by atoms with Gasteiger partial charge in [-0.1, -0.05) is 38.1 Å². The Morgan fingerprint density at radius 3 is 2.36 bits per heavy atom. The first-order chi connectivity index (χ1) is 13.0. The second-order valence-electron chi connectivity index (χ2n) is 7.23. The first kappa shape index (κ1) is 21.6. The number of nitrogens with two attached hydrogens (primary N) is 1. The Morgan fingerprint density at radius 2 is 1.82 bits per heavy atom. The summed E-state index contributed by atoms with van der Waals surface area (Å²) in [5.41, 5.74) is 6.46. The Labute approximate surface area is 162 Å². The van der Waals surface area contributed by atoms with Crippen LogP contribution in [-0.4, -0.2) is 11.0 Å². The van der Waals surface area contributed by atoms with Gasteiger partial charge in [0.1, 0.15) is 23.7 Å². The molecule has 0 unspecified atom stereocenters. The van der Waals surface area contributed by atoms with E-state index < -0.39 is 29.1 Å². The van der Waals surface area contributed by atoms with Crippen molar-refractivity contribution in [1.82, 2.24) is 0 Å². The molecular formula is C21H24F3NO3. The third-order valence-corrected chi connectivity index (χ3v) is 4.30. The lowest BCUT2D eigenvalue weighted by Crippen LogP contribution is -2.14. The fourth-order valence-corrected chi connectivity index (χ4v) is 3.01. The summed E-state index contributed by atoms with van der Waals surface area (Å²) in [6.45, 7) is 5.40. The molecule has 0 atom stereocenters. The largest absolute Gasteiger partial charge is 0.507 e. The van der Waals surface area contributed by atoms with Gasteiger partial charge in [-0.25, -0.2) is 0 Å². The van der Waals surface area contributed by atoms with E-state index in [0.29, 0.717) is 12.0 Å². The number of primary amides is 1. The van der Waals surface area contributed by atoms with E-state index in [9.17, 15) is 23.1 Å². The molecule has 0 bridgehead atoms. The van der Waals surface area contributed by atoms with Gasteiger partial charge in [0.05, 0.1) is 6.42 Å². The summed E-state index contributed by atoms with van der Waals surface area (Å²) in [5, 5.41) is 10.2. The first-order valence-corrected chi connectivity index (χ1v) is 8.90. The molecule has 0 aliphatic carbocycles. The van der Waals surface area contributed by atoms with Crippen molar-refractivity contribution in [1.29, 1.82) is 0 Å². The number of phenolic OH excluding ortho intramolecular Hbond substituents is 1. The number of hydrogen-bond acceptors (Lipinski definition) is 3. The molecule has 3 N–H and O–H groups in total. The number of carbonyl (C=O) groups excluding carboxylic acids is 1. The third-order valence-electron chi connectivity index (χ3n) is 4.30. The van der Waals surface area contributed by atoms with Crippen molar-refractivity contribution in [2.75, 3.05) is 0 Å². The number of benzene rings is 2. The summed E-state index contributed by atoms with van der Waals surface area (Å²) in [4.78, 5) is 11.0. The highest BCUT2D eigenvalue weighted by Crippen LogP contribution is 2.44. The molecule has 0 aliphatic rings. The molecule has 0 heterocycles. The van der Waals surface area contributed by atoms with E-state index in [4.69, 9.17) is 10.5 Å². The number of ether oxygens (including phenoxy) is 1. The van der Waals surface area contributed by atoms with Crippen LogP contribution >= 0.6 is 0 Å². The SMILES string of the molecule is Cc1cc(COc2ccc(CC(C)C)c(O)c2C(F)(F)F)ccc1CC(N)=O. The second-order valence-corrected chi connectivity index (χ2v) is 7.23. The lowest BCUT2D eigenvalue weighted by Gasteiger charge is -2.18. The lowest BCUT2D eigenvalue weighted by atomic mass is 9.98. The Morgan fingerprint density at radius 1 is 1.18 bits per heavy atom. The zero-order valence-electron chi connectivity index (χ0n) is 16.1. The zero-order chi connectivity index (χ0) is 21.1. The molecule has 152 valence electrons. The normalized spacial score (nSPS) is 11.7. The van der Waals surface area contributed by atoms with Crippen LogP contribution in [-0.2, 0) is 30.4 Å². The van der Waals surface area contributed by atoms with Crippen molar-refractivity contribution in [3.63, 3.8) is 0 Å². The van der Waals surface area contributed by atoms with E-state index in [0.717, 1.165) is 11.1 Å². The maximum Gasteiger partial charge on any atom is 0.423 e. The van der Waals surface area contributed by atoms with Gasteiger partial charge in [0, 0.05) is 0 Å².